The van der Waals surface area contributed by atoms with Crippen molar-refractivity contribution in [3.8, 4) is 11.1 Å². The van der Waals surface area contributed by atoms with Gasteiger partial charge in [-0.15, -0.1) is 0 Å². The van der Waals surface area contributed by atoms with Crippen molar-refractivity contribution < 1.29 is 4.39 Å². The summed E-state index contributed by atoms with van der Waals surface area (Å²) < 4.78 is 18.0. The highest BCUT2D eigenvalue weighted by molar-refractivity contribution is 8.03. The molecule has 29 heavy (non-hydrogen) atoms. The van der Waals surface area contributed by atoms with E-state index in [0.29, 0.717) is 5.69 Å². The number of pyridine rings is 1. The van der Waals surface area contributed by atoms with Gasteiger partial charge in [0, 0.05) is 55.5 Å². The van der Waals surface area contributed by atoms with Crippen LogP contribution in [0.25, 0.3) is 11.1 Å². The molecule has 0 unspecified atom stereocenters. The first-order valence-electron chi connectivity index (χ1n) is 8.96. The molecule has 2 N–H and O–H groups in total. The third-order valence-electron chi connectivity index (χ3n) is 4.36. The van der Waals surface area contributed by atoms with Crippen LogP contribution in [0.15, 0.2) is 71.5 Å². The van der Waals surface area contributed by atoms with Gasteiger partial charge in [-0.25, -0.2) is 4.39 Å². The van der Waals surface area contributed by atoms with E-state index in [1.165, 1.54) is 24.1 Å². The smallest absolute Gasteiger partial charge is 0.273 e. The van der Waals surface area contributed by atoms with E-state index in [9.17, 15) is 9.18 Å². The van der Waals surface area contributed by atoms with Gasteiger partial charge in [-0.3, -0.25) is 4.79 Å². The van der Waals surface area contributed by atoms with Crippen molar-refractivity contribution >= 4 is 34.7 Å². The van der Waals surface area contributed by atoms with Gasteiger partial charge in [0.25, 0.3) is 5.56 Å². The molecule has 0 amide bonds. The predicted octanol–water partition coefficient (Wildman–Crippen LogP) is 5.20. The molecule has 0 bridgehead atoms. The van der Waals surface area contributed by atoms with Gasteiger partial charge in [0.05, 0.1) is 0 Å². The first-order chi connectivity index (χ1) is 13.9. The molecule has 0 atom stereocenters. The van der Waals surface area contributed by atoms with Gasteiger partial charge in [0.1, 0.15) is 11.5 Å². The molecule has 0 saturated heterocycles. The summed E-state index contributed by atoms with van der Waals surface area (Å²) in [4.78, 5) is 14.3. The molecule has 0 fully saturated rings. The molecule has 2 aromatic carbocycles. The molecular weight excluding hydrogens is 387 g/mol. The molecule has 0 radical (unpaired) electrons. The average molecular weight is 411 g/mol. The maximum Gasteiger partial charge on any atom is 0.273 e. The Morgan fingerprint density at radius 3 is 2.45 bits per heavy atom. The van der Waals surface area contributed by atoms with E-state index >= 15 is 0 Å². The number of nitrogens with one attached hydrogen (secondary N) is 2. The molecule has 3 aromatic rings. The van der Waals surface area contributed by atoms with Crippen molar-refractivity contribution in [2.45, 2.75) is 0 Å². The maximum atomic E-state index is 13.3. The highest BCUT2D eigenvalue weighted by Crippen LogP contribution is 2.34. The number of aromatic nitrogens is 1. The first kappa shape index (κ1) is 20.5. The molecule has 5 nitrogen and oxygen atoms in total. The number of benzene rings is 2. The predicted molar refractivity (Wildman–Crippen MR) is 123 cm³/mol. The molecule has 1 heterocycles. The molecule has 150 valence electrons. The molecule has 7 heteroatoms. The lowest BCUT2D eigenvalue weighted by Gasteiger charge is -2.18. The number of anilines is 4. The Morgan fingerprint density at radius 1 is 1.10 bits per heavy atom. The topological polar surface area (TPSA) is 49.3 Å². The van der Waals surface area contributed by atoms with Crippen LogP contribution in [-0.4, -0.2) is 18.7 Å². The average Bonchev–Trinajstić information content (AvgIpc) is 2.70. The van der Waals surface area contributed by atoms with Gasteiger partial charge < -0.3 is 19.5 Å². The van der Waals surface area contributed by atoms with Crippen molar-refractivity contribution in [2.24, 2.45) is 7.05 Å². The van der Waals surface area contributed by atoms with Crippen molar-refractivity contribution in [3.63, 3.8) is 0 Å². The largest absolute Gasteiger partial charge is 0.373 e. The van der Waals surface area contributed by atoms with Gasteiger partial charge in [-0.1, -0.05) is 6.58 Å². The Morgan fingerprint density at radius 2 is 1.79 bits per heavy atom. The van der Waals surface area contributed by atoms with E-state index in [2.05, 4.69) is 16.6 Å². The fourth-order valence-electron chi connectivity index (χ4n) is 2.92. The Labute approximate surface area is 174 Å². The van der Waals surface area contributed by atoms with E-state index < -0.39 is 0 Å². The lowest BCUT2D eigenvalue weighted by molar-refractivity contribution is 0.628. The minimum atomic E-state index is -0.287. The maximum absolute atomic E-state index is 13.3. The number of hydrogen-bond donors (Lipinski definition) is 2. The molecule has 3 rings (SSSR count). The fraction of sp³-hybridized carbons (Fsp3) is 0.136. The molecule has 0 aliphatic carbocycles. The van der Waals surface area contributed by atoms with Crippen molar-refractivity contribution in [1.29, 1.82) is 0 Å². The van der Waals surface area contributed by atoms with Crippen LogP contribution in [-0.2, 0) is 7.05 Å². The number of rotatable bonds is 7. The second-order valence-corrected chi connectivity index (χ2v) is 7.48. The van der Waals surface area contributed by atoms with Gasteiger partial charge in [-0.2, -0.15) is 0 Å². The fourth-order valence-corrected chi connectivity index (χ4v) is 3.26. The molecule has 0 aliphatic heterocycles. The molecule has 0 spiro atoms. The number of hydrogen-bond acceptors (Lipinski definition) is 5. The summed E-state index contributed by atoms with van der Waals surface area (Å²) in [5.74, 6) is -0.287. The van der Waals surface area contributed by atoms with Crippen LogP contribution in [0.3, 0.4) is 0 Å². The molecule has 0 saturated carbocycles. The van der Waals surface area contributed by atoms with Crippen LogP contribution in [0.2, 0.25) is 0 Å². The Bertz CT molecular complexity index is 1080. The van der Waals surface area contributed by atoms with Gasteiger partial charge in [-0.05, 0) is 65.9 Å². The van der Waals surface area contributed by atoms with Crippen LogP contribution in [0.5, 0.6) is 0 Å². The number of nitrogens with zero attached hydrogens (tertiary/aromatic N) is 2. The van der Waals surface area contributed by atoms with E-state index in [1.54, 1.807) is 34.1 Å². The Balaban J connectivity index is 2.12. The summed E-state index contributed by atoms with van der Waals surface area (Å²) in [5, 5.41) is 5.05. The van der Waals surface area contributed by atoms with Crippen LogP contribution < -0.4 is 20.5 Å². The van der Waals surface area contributed by atoms with Gasteiger partial charge >= 0.3 is 0 Å². The zero-order valence-corrected chi connectivity index (χ0v) is 17.4. The lowest BCUT2D eigenvalue weighted by Crippen LogP contribution is -2.25. The van der Waals surface area contributed by atoms with Crippen molar-refractivity contribution in [3.05, 3.63) is 82.9 Å². The summed E-state index contributed by atoms with van der Waals surface area (Å²) in [7, 11) is 5.43. The second-order valence-electron chi connectivity index (χ2n) is 6.70. The number of aryl methyl sites for hydroxylation is 1. The standard InChI is InChI=1S/C22H23FN4OS/c1-5-29-25-18-10-11-20(24-17-8-6-16(23)7-9-17)19(13-18)15-12-21(26(2)3)22(28)27(4)14-15/h5-14,24-25H,1H2,2-4H3. The summed E-state index contributed by atoms with van der Waals surface area (Å²) in [5.41, 5.74) is 4.82. The highest BCUT2D eigenvalue weighted by Gasteiger charge is 2.13. The highest BCUT2D eigenvalue weighted by atomic mass is 32.2. The molecular formula is C22H23FN4OS. The van der Waals surface area contributed by atoms with E-state index in [1.807, 2.05) is 44.6 Å². The Kier molecular flexibility index (Phi) is 6.29. The summed E-state index contributed by atoms with van der Waals surface area (Å²) in [6, 6.07) is 14.0. The van der Waals surface area contributed by atoms with E-state index in [0.717, 1.165) is 28.2 Å². The van der Waals surface area contributed by atoms with E-state index in [-0.39, 0.29) is 11.4 Å². The minimum Gasteiger partial charge on any atom is -0.373 e. The quantitative estimate of drug-likeness (QED) is 0.524. The van der Waals surface area contributed by atoms with Crippen LogP contribution >= 0.6 is 11.9 Å². The van der Waals surface area contributed by atoms with Crippen molar-refractivity contribution in [1.82, 2.24) is 4.57 Å². The van der Waals surface area contributed by atoms with Gasteiger partial charge in [0.15, 0.2) is 0 Å². The van der Waals surface area contributed by atoms with Crippen molar-refractivity contribution in [2.75, 3.05) is 29.0 Å². The monoisotopic (exact) mass is 410 g/mol. The number of halogens is 1. The van der Waals surface area contributed by atoms with Crippen LogP contribution in [0.1, 0.15) is 0 Å². The summed E-state index contributed by atoms with van der Waals surface area (Å²) in [6.45, 7) is 3.70. The van der Waals surface area contributed by atoms with Crippen LogP contribution in [0.4, 0.5) is 27.1 Å². The second kappa shape index (κ2) is 8.87. The zero-order chi connectivity index (χ0) is 21.0. The molecule has 1 aromatic heterocycles. The first-order valence-corrected chi connectivity index (χ1v) is 9.84. The molecule has 0 aliphatic rings. The van der Waals surface area contributed by atoms with E-state index in [4.69, 9.17) is 0 Å². The zero-order valence-electron chi connectivity index (χ0n) is 16.6. The Hall–Kier alpha value is -3.19. The SMILES string of the molecule is C=CSNc1ccc(Nc2ccc(F)cc2)c(-c2cc(N(C)C)c(=O)n(C)c2)c1. The third kappa shape index (κ3) is 4.81. The minimum absolute atomic E-state index is 0.0664. The normalized spacial score (nSPS) is 10.5. The lowest BCUT2D eigenvalue weighted by atomic mass is 10.0. The van der Waals surface area contributed by atoms with Gasteiger partial charge in [0.2, 0.25) is 0 Å². The summed E-state index contributed by atoms with van der Waals surface area (Å²) in [6.07, 6.45) is 1.81. The van der Waals surface area contributed by atoms with Crippen LogP contribution in [0, 0.1) is 5.82 Å². The summed E-state index contributed by atoms with van der Waals surface area (Å²) >= 11 is 1.38. The third-order valence-corrected chi connectivity index (χ3v) is 4.88.